The maximum absolute atomic E-state index is 4.68. The van der Waals surface area contributed by atoms with Crippen molar-refractivity contribution < 1.29 is 0 Å². The number of piperazine rings is 1. The second-order valence-electron chi connectivity index (χ2n) is 6.78. The normalized spacial score (nSPS) is 22.8. The summed E-state index contributed by atoms with van der Waals surface area (Å²) in [7, 11) is 2.32. The number of nitrogens with one attached hydrogen (secondary N) is 1. The fourth-order valence-electron chi connectivity index (χ4n) is 3.89. The molecule has 1 aromatic heterocycles. The summed E-state index contributed by atoms with van der Waals surface area (Å²) in [6, 6.07) is 7.49. The number of hydrogen-bond donors (Lipinski definition) is 1. The molecule has 4 nitrogen and oxygen atoms in total. The molecule has 0 spiro atoms. The highest BCUT2D eigenvalue weighted by Crippen LogP contribution is 2.28. The zero-order chi connectivity index (χ0) is 15.2. The van der Waals surface area contributed by atoms with Crippen molar-refractivity contribution in [3.63, 3.8) is 0 Å². The van der Waals surface area contributed by atoms with E-state index in [2.05, 4.69) is 39.3 Å². The largest absolute Gasteiger partial charge is 0.314 e. The van der Waals surface area contributed by atoms with Crippen molar-refractivity contribution in [2.75, 3.05) is 39.8 Å². The molecule has 0 radical (unpaired) electrons. The van der Waals surface area contributed by atoms with Crippen LogP contribution in [0.1, 0.15) is 43.8 Å². The molecule has 0 bridgehead atoms. The minimum absolute atomic E-state index is 0.419. The van der Waals surface area contributed by atoms with Gasteiger partial charge in [0.1, 0.15) is 0 Å². The first kappa shape index (κ1) is 15.9. The number of likely N-dealkylation sites (N-methyl/N-ethyl adjacent to an activating group) is 1. The van der Waals surface area contributed by atoms with Crippen molar-refractivity contribution in [2.45, 2.75) is 44.2 Å². The molecule has 1 aliphatic carbocycles. The standard InChI is InChI=1S/C18H30N4/c1-21(16-7-3-2-4-8-16)18(17-9-5-6-10-20-17)15-22-13-11-19-12-14-22/h5-6,9-10,16,18-19H,2-4,7-8,11-15H2,1H3. The first-order chi connectivity index (χ1) is 10.8. The number of aromatic nitrogens is 1. The van der Waals surface area contributed by atoms with E-state index in [4.69, 9.17) is 0 Å². The Morgan fingerprint density at radius 2 is 2.00 bits per heavy atom. The highest BCUT2D eigenvalue weighted by molar-refractivity contribution is 5.10. The smallest absolute Gasteiger partial charge is 0.0649 e. The molecule has 0 aromatic carbocycles. The van der Waals surface area contributed by atoms with Crippen LogP contribution in [0.2, 0.25) is 0 Å². The highest BCUT2D eigenvalue weighted by Gasteiger charge is 2.28. The lowest BCUT2D eigenvalue weighted by Crippen LogP contribution is -2.48. The number of nitrogens with zero attached hydrogens (tertiary/aromatic N) is 3. The summed E-state index contributed by atoms with van der Waals surface area (Å²) in [6.45, 7) is 5.64. The van der Waals surface area contributed by atoms with Crippen LogP contribution in [0.5, 0.6) is 0 Å². The molecule has 3 rings (SSSR count). The van der Waals surface area contributed by atoms with Crippen molar-refractivity contribution in [3.05, 3.63) is 30.1 Å². The van der Waals surface area contributed by atoms with Crippen LogP contribution in [0, 0.1) is 0 Å². The van der Waals surface area contributed by atoms with Gasteiger partial charge in [0.05, 0.1) is 11.7 Å². The van der Waals surface area contributed by atoms with Gasteiger partial charge in [-0.25, -0.2) is 0 Å². The summed E-state index contributed by atoms with van der Waals surface area (Å²) >= 11 is 0. The van der Waals surface area contributed by atoms with E-state index >= 15 is 0 Å². The molecule has 2 fully saturated rings. The van der Waals surface area contributed by atoms with Gasteiger partial charge in [-0.3, -0.25) is 14.8 Å². The lowest BCUT2D eigenvalue weighted by molar-refractivity contribution is 0.0944. The van der Waals surface area contributed by atoms with Gasteiger partial charge in [-0.05, 0) is 32.0 Å². The van der Waals surface area contributed by atoms with Gasteiger partial charge in [-0.2, -0.15) is 0 Å². The summed E-state index contributed by atoms with van der Waals surface area (Å²) in [4.78, 5) is 9.88. The van der Waals surface area contributed by atoms with Crippen LogP contribution < -0.4 is 5.32 Å². The predicted molar refractivity (Wildman–Crippen MR) is 90.9 cm³/mol. The molecule has 2 aliphatic rings. The minimum Gasteiger partial charge on any atom is -0.314 e. The number of hydrogen-bond acceptors (Lipinski definition) is 4. The quantitative estimate of drug-likeness (QED) is 0.904. The Hall–Kier alpha value is -0.970. The molecule has 1 unspecified atom stereocenters. The SMILES string of the molecule is CN(C1CCCCC1)C(CN1CCNCC1)c1ccccn1. The summed E-state index contributed by atoms with van der Waals surface area (Å²) in [5.41, 5.74) is 1.23. The fourth-order valence-corrected chi connectivity index (χ4v) is 3.89. The van der Waals surface area contributed by atoms with Crippen LogP contribution in [0.4, 0.5) is 0 Å². The van der Waals surface area contributed by atoms with Gasteiger partial charge >= 0.3 is 0 Å². The van der Waals surface area contributed by atoms with E-state index in [9.17, 15) is 0 Å². The third-order valence-corrected chi connectivity index (χ3v) is 5.31. The molecule has 1 aliphatic heterocycles. The van der Waals surface area contributed by atoms with Gasteiger partial charge in [0, 0.05) is 45.0 Å². The van der Waals surface area contributed by atoms with Crippen molar-refractivity contribution in [1.82, 2.24) is 20.1 Å². The number of pyridine rings is 1. The van der Waals surface area contributed by atoms with E-state index in [1.807, 2.05) is 12.3 Å². The predicted octanol–water partition coefficient (Wildman–Crippen LogP) is 2.29. The molecule has 1 saturated carbocycles. The van der Waals surface area contributed by atoms with E-state index < -0.39 is 0 Å². The second-order valence-corrected chi connectivity index (χ2v) is 6.78. The topological polar surface area (TPSA) is 31.4 Å². The second kappa shape index (κ2) is 8.04. The first-order valence-corrected chi connectivity index (χ1v) is 8.90. The maximum Gasteiger partial charge on any atom is 0.0649 e. The Bertz CT molecular complexity index is 424. The molecule has 122 valence electrons. The Morgan fingerprint density at radius 1 is 1.23 bits per heavy atom. The van der Waals surface area contributed by atoms with Gasteiger partial charge in [-0.1, -0.05) is 25.3 Å². The van der Waals surface area contributed by atoms with Gasteiger partial charge in [0.25, 0.3) is 0 Å². The van der Waals surface area contributed by atoms with Gasteiger partial charge in [0.15, 0.2) is 0 Å². The van der Waals surface area contributed by atoms with Crippen LogP contribution in [0.15, 0.2) is 24.4 Å². The first-order valence-electron chi connectivity index (χ1n) is 8.90. The summed E-state index contributed by atoms with van der Waals surface area (Å²) in [5.74, 6) is 0. The molecule has 22 heavy (non-hydrogen) atoms. The van der Waals surface area contributed by atoms with Crippen LogP contribution in [-0.2, 0) is 0 Å². The monoisotopic (exact) mass is 302 g/mol. The van der Waals surface area contributed by atoms with E-state index in [1.54, 1.807) is 0 Å². The summed E-state index contributed by atoms with van der Waals surface area (Å²) < 4.78 is 0. The third kappa shape index (κ3) is 4.06. The molecule has 0 amide bonds. The zero-order valence-electron chi connectivity index (χ0n) is 13.9. The fraction of sp³-hybridized carbons (Fsp3) is 0.722. The van der Waals surface area contributed by atoms with Crippen molar-refractivity contribution >= 4 is 0 Å². The molecule has 2 heterocycles. The van der Waals surface area contributed by atoms with E-state index in [0.29, 0.717) is 6.04 Å². The van der Waals surface area contributed by atoms with Crippen LogP contribution in [-0.4, -0.2) is 60.6 Å². The average Bonchev–Trinajstić information content (AvgIpc) is 2.61. The molecule has 1 aromatic rings. The third-order valence-electron chi connectivity index (χ3n) is 5.31. The maximum atomic E-state index is 4.68. The molecular weight excluding hydrogens is 272 g/mol. The lowest BCUT2D eigenvalue weighted by atomic mass is 9.93. The van der Waals surface area contributed by atoms with Crippen LogP contribution in [0.25, 0.3) is 0 Å². The molecule has 4 heteroatoms. The van der Waals surface area contributed by atoms with E-state index in [0.717, 1.165) is 38.8 Å². The van der Waals surface area contributed by atoms with Crippen LogP contribution in [0.3, 0.4) is 0 Å². The van der Waals surface area contributed by atoms with Crippen molar-refractivity contribution in [2.24, 2.45) is 0 Å². The minimum atomic E-state index is 0.419. The molecule has 1 atom stereocenters. The van der Waals surface area contributed by atoms with Gasteiger partial charge < -0.3 is 5.32 Å². The van der Waals surface area contributed by atoms with Gasteiger partial charge in [-0.15, -0.1) is 0 Å². The highest BCUT2D eigenvalue weighted by atomic mass is 15.3. The molecule has 1 N–H and O–H groups in total. The average molecular weight is 302 g/mol. The van der Waals surface area contributed by atoms with Crippen LogP contribution >= 0.6 is 0 Å². The Balaban J connectivity index is 1.72. The summed E-state index contributed by atoms with van der Waals surface area (Å²) in [6.07, 6.45) is 8.82. The molecule has 1 saturated heterocycles. The number of rotatable bonds is 5. The Morgan fingerprint density at radius 3 is 2.68 bits per heavy atom. The van der Waals surface area contributed by atoms with Gasteiger partial charge in [0.2, 0.25) is 0 Å². The zero-order valence-corrected chi connectivity index (χ0v) is 13.9. The molecular formula is C18H30N4. The lowest BCUT2D eigenvalue weighted by Gasteiger charge is -2.40. The van der Waals surface area contributed by atoms with Crippen molar-refractivity contribution in [1.29, 1.82) is 0 Å². The Kier molecular flexibility index (Phi) is 5.82. The summed E-state index contributed by atoms with van der Waals surface area (Å²) in [5, 5.41) is 3.45. The van der Waals surface area contributed by atoms with Crippen molar-refractivity contribution in [3.8, 4) is 0 Å². The Labute approximate surface area is 134 Å². The van der Waals surface area contributed by atoms with E-state index in [-0.39, 0.29) is 0 Å². The van der Waals surface area contributed by atoms with E-state index in [1.165, 1.54) is 37.8 Å².